The van der Waals surface area contributed by atoms with E-state index in [1.54, 1.807) is 25.8 Å². The Labute approximate surface area is 191 Å². The monoisotopic (exact) mass is 455 g/mol. The second-order valence-corrected chi connectivity index (χ2v) is 7.60. The van der Waals surface area contributed by atoms with Crippen molar-refractivity contribution in [3.05, 3.63) is 58.3 Å². The minimum Gasteiger partial charge on any atom is -0.383 e. The number of aromatic nitrogens is 3. The van der Waals surface area contributed by atoms with Crippen LogP contribution >= 0.6 is 23.8 Å². The van der Waals surface area contributed by atoms with Crippen LogP contribution in [-0.4, -0.2) is 57.7 Å². The number of nitrogens with zero attached hydrogens (tertiary/aromatic N) is 6. The molecule has 0 saturated carbocycles. The first-order valence-corrected chi connectivity index (χ1v) is 10.3. The third kappa shape index (κ3) is 5.35. The summed E-state index contributed by atoms with van der Waals surface area (Å²) in [6.45, 7) is 8.29. The third-order valence-corrected chi connectivity index (χ3v) is 5.24. The van der Waals surface area contributed by atoms with Gasteiger partial charge < -0.3 is 19.9 Å². The molecule has 160 valence electrons. The number of benzene rings is 1. The number of rotatable bonds is 8. The number of methoxy groups -OCH3 is 1. The van der Waals surface area contributed by atoms with Gasteiger partial charge in [-0.1, -0.05) is 11.6 Å². The molecule has 0 saturated heterocycles. The second kappa shape index (κ2) is 10.3. The van der Waals surface area contributed by atoms with Crippen molar-refractivity contribution in [2.75, 3.05) is 26.8 Å². The summed E-state index contributed by atoms with van der Waals surface area (Å²) >= 11 is 11.6. The number of hydrogen-bond acceptors (Lipinski definition) is 5. The topological polar surface area (TPSA) is 85.9 Å². The van der Waals surface area contributed by atoms with Crippen molar-refractivity contribution in [1.29, 1.82) is 0 Å². The summed E-state index contributed by atoms with van der Waals surface area (Å²) in [5.74, 6) is 0. The summed E-state index contributed by atoms with van der Waals surface area (Å²) in [5.41, 5.74) is 9.82. The van der Waals surface area contributed by atoms with Crippen LogP contribution in [0.1, 0.15) is 11.1 Å². The number of pyridine rings is 1. The van der Waals surface area contributed by atoms with Crippen molar-refractivity contribution in [3.8, 4) is 11.4 Å². The molecular weight excluding hydrogens is 434 g/mol. The molecule has 0 radical (unpaired) electrons. The fourth-order valence-electron chi connectivity index (χ4n) is 3.06. The van der Waals surface area contributed by atoms with Crippen LogP contribution in [0.25, 0.3) is 27.1 Å². The van der Waals surface area contributed by atoms with E-state index in [4.69, 9.17) is 45.8 Å². The Hall–Kier alpha value is -3.06. The van der Waals surface area contributed by atoms with Gasteiger partial charge in [-0.3, -0.25) is 0 Å². The molecule has 2 heterocycles. The van der Waals surface area contributed by atoms with E-state index < -0.39 is 0 Å². The molecule has 0 fully saturated rings. The van der Waals surface area contributed by atoms with Crippen molar-refractivity contribution in [3.63, 3.8) is 0 Å². The van der Waals surface area contributed by atoms with E-state index in [0.29, 0.717) is 31.1 Å². The zero-order valence-electron chi connectivity index (χ0n) is 17.2. The number of aryl methyl sites for hydroxylation is 1. The zero-order chi connectivity index (χ0) is 22.4. The Morgan fingerprint density at radius 2 is 2.26 bits per heavy atom. The normalized spacial score (nSPS) is 11.2. The standard InChI is InChI=1S/C21H22ClN7OS/c1-24-5-4-14-8-16-15(11-26-29(21(23)31)6-7-30-3)9-19(20-12-25-13-28(20)2)27-18(16)10-17(14)22/h8-13H,4-7H2,2-3H3,(H2,23,31)/b26-11+. The van der Waals surface area contributed by atoms with Gasteiger partial charge in [0.1, 0.15) is 0 Å². The highest BCUT2D eigenvalue weighted by Crippen LogP contribution is 2.29. The van der Waals surface area contributed by atoms with Crippen LogP contribution in [0.4, 0.5) is 0 Å². The minimum atomic E-state index is 0.152. The first-order valence-electron chi connectivity index (χ1n) is 9.47. The van der Waals surface area contributed by atoms with E-state index in [0.717, 1.165) is 33.4 Å². The number of ether oxygens (including phenoxy) is 1. The molecule has 3 rings (SSSR count). The van der Waals surface area contributed by atoms with Crippen molar-refractivity contribution < 1.29 is 4.74 Å². The van der Waals surface area contributed by atoms with Crippen molar-refractivity contribution in [1.82, 2.24) is 19.5 Å². The van der Waals surface area contributed by atoms with Gasteiger partial charge in [0.15, 0.2) is 5.11 Å². The lowest BCUT2D eigenvalue weighted by molar-refractivity contribution is 0.178. The molecule has 8 nitrogen and oxygen atoms in total. The maximum atomic E-state index is 7.06. The van der Waals surface area contributed by atoms with Gasteiger partial charge >= 0.3 is 0 Å². The molecule has 0 aliphatic rings. The van der Waals surface area contributed by atoms with Crippen molar-refractivity contribution in [2.24, 2.45) is 17.9 Å². The number of hydrazone groups is 1. The number of halogens is 1. The number of fused-ring (bicyclic) bond motifs is 1. The molecule has 3 aromatic rings. The predicted octanol–water partition coefficient (Wildman–Crippen LogP) is 3.28. The fraction of sp³-hybridized carbons (Fsp3) is 0.286. The van der Waals surface area contributed by atoms with E-state index in [1.165, 1.54) is 5.01 Å². The predicted molar refractivity (Wildman–Crippen MR) is 127 cm³/mol. The Morgan fingerprint density at radius 3 is 2.90 bits per heavy atom. The largest absolute Gasteiger partial charge is 0.383 e. The molecule has 0 aliphatic carbocycles. The first-order chi connectivity index (χ1) is 14.9. The highest BCUT2D eigenvalue weighted by atomic mass is 35.5. The molecule has 10 heteroatoms. The smallest absolute Gasteiger partial charge is 0.218 e. The molecular formula is C21H22ClN7OS. The van der Waals surface area contributed by atoms with Crippen LogP contribution in [0.15, 0.2) is 35.8 Å². The number of nitrogens with two attached hydrogens (primary N) is 1. The molecule has 2 aromatic heterocycles. The summed E-state index contributed by atoms with van der Waals surface area (Å²) in [7, 11) is 3.51. The van der Waals surface area contributed by atoms with Crippen LogP contribution < -0.4 is 5.73 Å². The van der Waals surface area contributed by atoms with Gasteiger partial charge in [0, 0.05) is 36.6 Å². The van der Waals surface area contributed by atoms with Crippen LogP contribution in [0.2, 0.25) is 5.02 Å². The van der Waals surface area contributed by atoms with E-state index in [9.17, 15) is 0 Å². The highest BCUT2D eigenvalue weighted by Gasteiger charge is 2.13. The van der Waals surface area contributed by atoms with Gasteiger partial charge in [-0.2, -0.15) is 5.10 Å². The molecule has 0 spiro atoms. The average Bonchev–Trinajstić information content (AvgIpc) is 3.17. The fourth-order valence-corrected chi connectivity index (χ4v) is 3.45. The molecule has 1 aromatic carbocycles. The van der Waals surface area contributed by atoms with Gasteiger partial charge in [0.05, 0.1) is 48.8 Å². The summed E-state index contributed by atoms with van der Waals surface area (Å²) in [6.07, 6.45) is 5.73. The van der Waals surface area contributed by atoms with Crippen LogP contribution in [0.3, 0.4) is 0 Å². The van der Waals surface area contributed by atoms with Crippen LogP contribution in [0, 0.1) is 6.57 Å². The average molecular weight is 456 g/mol. The number of hydrogen-bond donors (Lipinski definition) is 1. The maximum absolute atomic E-state index is 7.06. The molecule has 31 heavy (non-hydrogen) atoms. The highest BCUT2D eigenvalue weighted by molar-refractivity contribution is 7.80. The summed E-state index contributed by atoms with van der Waals surface area (Å²) < 4.78 is 6.99. The van der Waals surface area contributed by atoms with Gasteiger partial charge in [0.25, 0.3) is 0 Å². The van der Waals surface area contributed by atoms with Gasteiger partial charge in [0.2, 0.25) is 6.54 Å². The Bertz CT molecular complexity index is 1170. The maximum Gasteiger partial charge on any atom is 0.218 e. The van der Waals surface area contributed by atoms with Gasteiger partial charge in [-0.05, 0) is 36.0 Å². The quantitative estimate of drug-likeness (QED) is 0.243. The van der Waals surface area contributed by atoms with Gasteiger partial charge in [-0.25, -0.2) is 21.5 Å². The van der Waals surface area contributed by atoms with Gasteiger partial charge in [-0.15, -0.1) is 0 Å². The SMILES string of the molecule is [C-]#[N+]CCc1cc2c(/C=N/N(CCOC)C(N)=S)cc(-c3cncn3C)nc2cc1Cl. The molecule has 2 N–H and O–H groups in total. The van der Waals surface area contributed by atoms with E-state index in [2.05, 4.69) is 14.9 Å². The summed E-state index contributed by atoms with van der Waals surface area (Å²) in [4.78, 5) is 12.4. The lowest BCUT2D eigenvalue weighted by Crippen LogP contribution is -2.33. The molecule has 0 unspecified atom stereocenters. The lowest BCUT2D eigenvalue weighted by Gasteiger charge is -2.16. The van der Waals surface area contributed by atoms with Crippen LogP contribution in [-0.2, 0) is 18.2 Å². The second-order valence-electron chi connectivity index (χ2n) is 6.78. The molecule has 0 bridgehead atoms. The molecule has 0 atom stereocenters. The zero-order valence-corrected chi connectivity index (χ0v) is 18.8. The third-order valence-electron chi connectivity index (χ3n) is 4.68. The Balaban J connectivity index is 2.14. The summed E-state index contributed by atoms with van der Waals surface area (Å²) in [5, 5.41) is 7.58. The van der Waals surface area contributed by atoms with E-state index in [-0.39, 0.29) is 5.11 Å². The van der Waals surface area contributed by atoms with E-state index >= 15 is 0 Å². The summed E-state index contributed by atoms with van der Waals surface area (Å²) in [6, 6.07) is 5.72. The first kappa shape index (κ1) is 22.6. The molecule has 0 aliphatic heterocycles. The lowest BCUT2D eigenvalue weighted by atomic mass is 10.0. The van der Waals surface area contributed by atoms with E-state index in [1.807, 2.05) is 29.8 Å². The number of imidazole rings is 1. The van der Waals surface area contributed by atoms with Crippen molar-refractivity contribution >= 4 is 46.0 Å². The Morgan fingerprint density at radius 1 is 1.45 bits per heavy atom. The van der Waals surface area contributed by atoms with Crippen LogP contribution in [0.5, 0.6) is 0 Å². The number of thiocarbonyl (C=S) groups is 1. The minimum absolute atomic E-state index is 0.152. The molecule has 0 amide bonds. The van der Waals surface area contributed by atoms with Crippen molar-refractivity contribution in [2.45, 2.75) is 6.42 Å². The Kier molecular flexibility index (Phi) is 7.52.